The molecule has 280 valence electrons. The van der Waals surface area contributed by atoms with Crippen molar-refractivity contribution in [3.8, 4) is 0 Å². The Morgan fingerprint density at radius 1 is 0.426 bits per heavy atom. The highest BCUT2D eigenvalue weighted by Gasteiger charge is 2.15. The SMILES string of the molecule is CCCCCCCCOC(=O)CCCCCCCC(CCCCCCCC(=O)OC(CCCCCCC)CCCCCCC)C(C)C. The standard InChI is InChI=1S/C43H84O4/c1-6-9-12-15-24-31-38-46-42(44)36-29-22-16-20-25-32-40(39(4)5)33-26-21-17-23-30-37-43(45)47-41(34-27-18-13-10-7-2)35-28-19-14-11-8-3/h39-41H,6-38H2,1-5H3. The topological polar surface area (TPSA) is 52.6 Å². The highest BCUT2D eigenvalue weighted by molar-refractivity contribution is 5.69. The van der Waals surface area contributed by atoms with Crippen LogP contribution >= 0.6 is 0 Å². The number of hydrogen-bond acceptors (Lipinski definition) is 4. The summed E-state index contributed by atoms with van der Waals surface area (Å²) in [5.41, 5.74) is 0. The molecule has 47 heavy (non-hydrogen) atoms. The van der Waals surface area contributed by atoms with E-state index in [1.165, 1.54) is 148 Å². The second kappa shape index (κ2) is 36.2. The molecule has 0 aromatic heterocycles. The summed E-state index contributed by atoms with van der Waals surface area (Å²) in [6, 6.07) is 0. The van der Waals surface area contributed by atoms with Gasteiger partial charge in [0.05, 0.1) is 6.61 Å². The van der Waals surface area contributed by atoms with Gasteiger partial charge in [-0.3, -0.25) is 9.59 Å². The third-order valence-electron chi connectivity index (χ3n) is 10.2. The number of hydrogen-bond donors (Lipinski definition) is 0. The first-order valence-electron chi connectivity index (χ1n) is 21.3. The van der Waals surface area contributed by atoms with E-state index in [2.05, 4.69) is 34.6 Å². The third kappa shape index (κ3) is 33.2. The number of unbranched alkanes of at least 4 members (excludes halogenated alkanes) is 21. The molecule has 1 atom stereocenters. The molecular formula is C43H84O4. The lowest BCUT2D eigenvalue weighted by atomic mass is 9.85. The van der Waals surface area contributed by atoms with Crippen LogP contribution in [-0.2, 0) is 19.1 Å². The third-order valence-corrected chi connectivity index (χ3v) is 10.2. The largest absolute Gasteiger partial charge is 0.466 e. The molecule has 0 radical (unpaired) electrons. The van der Waals surface area contributed by atoms with Crippen LogP contribution in [0.2, 0.25) is 0 Å². The molecule has 0 amide bonds. The van der Waals surface area contributed by atoms with Gasteiger partial charge >= 0.3 is 11.9 Å². The van der Waals surface area contributed by atoms with Crippen molar-refractivity contribution in [3.63, 3.8) is 0 Å². The first-order valence-corrected chi connectivity index (χ1v) is 21.3. The first-order chi connectivity index (χ1) is 22.9. The molecule has 0 rings (SSSR count). The van der Waals surface area contributed by atoms with Gasteiger partial charge in [0.15, 0.2) is 0 Å². The zero-order chi connectivity index (χ0) is 34.6. The fraction of sp³-hybridized carbons (Fsp3) is 0.953. The summed E-state index contributed by atoms with van der Waals surface area (Å²) in [5, 5.41) is 0. The monoisotopic (exact) mass is 665 g/mol. The van der Waals surface area contributed by atoms with E-state index in [9.17, 15) is 9.59 Å². The van der Waals surface area contributed by atoms with E-state index in [0.29, 0.717) is 19.4 Å². The Hall–Kier alpha value is -1.06. The summed E-state index contributed by atoms with van der Waals surface area (Å²) in [6.45, 7) is 12.1. The summed E-state index contributed by atoms with van der Waals surface area (Å²) in [6.07, 6.45) is 38.1. The maximum Gasteiger partial charge on any atom is 0.306 e. The van der Waals surface area contributed by atoms with Crippen LogP contribution in [0.25, 0.3) is 0 Å². The predicted octanol–water partition coefficient (Wildman–Crippen LogP) is 14.3. The number of ether oxygens (including phenoxy) is 2. The molecule has 0 fully saturated rings. The quantitative estimate of drug-likeness (QED) is 0.0490. The van der Waals surface area contributed by atoms with Crippen LogP contribution in [0.15, 0.2) is 0 Å². The Morgan fingerprint density at radius 2 is 0.787 bits per heavy atom. The fourth-order valence-electron chi connectivity index (χ4n) is 6.82. The van der Waals surface area contributed by atoms with Crippen molar-refractivity contribution in [1.29, 1.82) is 0 Å². The first kappa shape index (κ1) is 45.9. The minimum Gasteiger partial charge on any atom is -0.466 e. The van der Waals surface area contributed by atoms with Crippen molar-refractivity contribution in [2.24, 2.45) is 11.8 Å². The molecule has 0 heterocycles. The van der Waals surface area contributed by atoms with Gasteiger partial charge in [-0.05, 0) is 56.8 Å². The summed E-state index contributed by atoms with van der Waals surface area (Å²) >= 11 is 0. The van der Waals surface area contributed by atoms with Gasteiger partial charge in [0, 0.05) is 12.8 Å². The number of rotatable bonds is 37. The molecule has 0 saturated heterocycles. The van der Waals surface area contributed by atoms with E-state index in [4.69, 9.17) is 9.47 Å². The molecule has 0 aliphatic carbocycles. The molecule has 0 N–H and O–H groups in total. The van der Waals surface area contributed by atoms with Crippen LogP contribution in [-0.4, -0.2) is 24.6 Å². The summed E-state index contributed by atoms with van der Waals surface area (Å²) in [4.78, 5) is 24.6. The second-order valence-electron chi connectivity index (χ2n) is 15.1. The lowest BCUT2D eigenvalue weighted by Gasteiger charge is -2.21. The Bertz CT molecular complexity index is 646. The predicted molar refractivity (Wildman–Crippen MR) is 204 cm³/mol. The van der Waals surface area contributed by atoms with Gasteiger partial charge in [0.25, 0.3) is 0 Å². The molecule has 0 saturated carbocycles. The fourth-order valence-corrected chi connectivity index (χ4v) is 6.82. The lowest BCUT2D eigenvalue weighted by Crippen LogP contribution is -2.18. The van der Waals surface area contributed by atoms with E-state index >= 15 is 0 Å². The van der Waals surface area contributed by atoms with E-state index in [1.54, 1.807) is 0 Å². The maximum atomic E-state index is 12.6. The van der Waals surface area contributed by atoms with Gasteiger partial charge in [-0.1, -0.05) is 182 Å². The van der Waals surface area contributed by atoms with Crippen molar-refractivity contribution in [3.05, 3.63) is 0 Å². The highest BCUT2D eigenvalue weighted by atomic mass is 16.5. The Balaban J connectivity index is 3.92. The van der Waals surface area contributed by atoms with Crippen LogP contribution in [0, 0.1) is 11.8 Å². The molecule has 1 unspecified atom stereocenters. The molecule has 0 bridgehead atoms. The van der Waals surface area contributed by atoms with Crippen LogP contribution in [0.3, 0.4) is 0 Å². The second-order valence-corrected chi connectivity index (χ2v) is 15.1. The minimum absolute atomic E-state index is 0.000928. The summed E-state index contributed by atoms with van der Waals surface area (Å²) in [5.74, 6) is 1.61. The van der Waals surface area contributed by atoms with Crippen LogP contribution in [0.4, 0.5) is 0 Å². The zero-order valence-electron chi connectivity index (χ0n) is 32.7. The molecule has 0 aliphatic rings. The van der Waals surface area contributed by atoms with Gasteiger partial charge in [0.1, 0.15) is 6.10 Å². The van der Waals surface area contributed by atoms with Crippen LogP contribution in [0.1, 0.15) is 240 Å². The Labute approximate surface area is 295 Å². The van der Waals surface area contributed by atoms with Crippen LogP contribution < -0.4 is 0 Å². The molecular weight excluding hydrogens is 580 g/mol. The summed E-state index contributed by atoms with van der Waals surface area (Å²) in [7, 11) is 0. The molecule has 4 nitrogen and oxygen atoms in total. The van der Waals surface area contributed by atoms with Crippen molar-refractivity contribution >= 4 is 11.9 Å². The van der Waals surface area contributed by atoms with E-state index in [1.807, 2.05) is 0 Å². The van der Waals surface area contributed by atoms with Crippen molar-refractivity contribution in [2.45, 2.75) is 246 Å². The molecule has 0 spiro atoms. The number of carbonyl (C=O) groups excluding carboxylic acids is 2. The van der Waals surface area contributed by atoms with Crippen LogP contribution in [0.5, 0.6) is 0 Å². The Morgan fingerprint density at radius 3 is 1.23 bits per heavy atom. The molecule has 0 aliphatic heterocycles. The van der Waals surface area contributed by atoms with Gasteiger partial charge in [-0.2, -0.15) is 0 Å². The average Bonchev–Trinajstić information content (AvgIpc) is 3.05. The Kier molecular flexibility index (Phi) is 35.4. The van der Waals surface area contributed by atoms with E-state index in [-0.39, 0.29) is 18.0 Å². The van der Waals surface area contributed by atoms with Gasteiger partial charge < -0.3 is 9.47 Å². The minimum atomic E-state index is -0.000928. The molecule has 4 heteroatoms. The van der Waals surface area contributed by atoms with E-state index < -0.39 is 0 Å². The smallest absolute Gasteiger partial charge is 0.306 e. The van der Waals surface area contributed by atoms with Gasteiger partial charge in [-0.25, -0.2) is 0 Å². The van der Waals surface area contributed by atoms with Crippen molar-refractivity contribution in [1.82, 2.24) is 0 Å². The summed E-state index contributed by atoms with van der Waals surface area (Å²) < 4.78 is 11.4. The van der Waals surface area contributed by atoms with E-state index in [0.717, 1.165) is 56.8 Å². The number of esters is 2. The lowest BCUT2D eigenvalue weighted by molar-refractivity contribution is -0.150. The number of carbonyl (C=O) groups is 2. The molecule has 0 aromatic rings. The van der Waals surface area contributed by atoms with Gasteiger partial charge in [-0.15, -0.1) is 0 Å². The van der Waals surface area contributed by atoms with Gasteiger partial charge in [0.2, 0.25) is 0 Å². The maximum absolute atomic E-state index is 12.6. The zero-order valence-corrected chi connectivity index (χ0v) is 32.7. The van der Waals surface area contributed by atoms with Crippen molar-refractivity contribution < 1.29 is 19.1 Å². The normalized spacial score (nSPS) is 12.2. The average molecular weight is 665 g/mol. The highest BCUT2D eigenvalue weighted by Crippen LogP contribution is 2.26. The molecule has 0 aromatic carbocycles. The van der Waals surface area contributed by atoms with Crippen molar-refractivity contribution in [2.75, 3.05) is 6.61 Å².